The van der Waals surface area contributed by atoms with Gasteiger partial charge in [0.1, 0.15) is 5.82 Å². The molecule has 15 heavy (non-hydrogen) atoms. The van der Waals surface area contributed by atoms with Crippen LogP contribution in [0.2, 0.25) is 0 Å². The van der Waals surface area contributed by atoms with Crippen LogP contribution in [-0.2, 0) is 6.42 Å². The Morgan fingerprint density at radius 1 is 1.47 bits per heavy atom. The summed E-state index contributed by atoms with van der Waals surface area (Å²) in [6, 6.07) is 5.27. The third kappa shape index (κ3) is 2.10. The van der Waals surface area contributed by atoms with Crippen LogP contribution in [-0.4, -0.2) is 22.2 Å². The van der Waals surface area contributed by atoms with Gasteiger partial charge in [-0.3, -0.25) is 0 Å². The number of aromatic hydroxyl groups is 1. The molecule has 1 aromatic heterocycles. The molecule has 0 bridgehead atoms. The van der Waals surface area contributed by atoms with Crippen LogP contribution in [0, 0.1) is 0 Å². The van der Waals surface area contributed by atoms with E-state index in [9.17, 15) is 5.11 Å². The molecule has 0 amide bonds. The normalized spacial score (nSPS) is 10.2. The molecule has 0 saturated carbocycles. The summed E-state index contributed by atoms with van der Waals surface area (Å²) in [6.07, 6.45) is 4.20. The second-order valence-electron chi connectivity index (χ2n) is 3.22. The summed E-state index contributed by atoms with van der Waals surface area (Å²) in [5.74, 6) is 1.53. The number of phenolic OH excluding ortho intramolecular Hbond substituents is 1. The van der Waals surface area contributed by atoms with Crippen molar-refractivity contribution in [1.29, 1.82) is 0 Å². The van der Waals surface area contributed by atoms with E-state index in [2.05, 4.69) is 9.97 Å². The smallest absolute Gasteiger partial charge is 0.160 e. The van der Waals surface area contributed by atoms with Crippen LogP contribution in [0.1, 0.15) is 11.4 Å². The minimum Gasteiger partial charge on any atom is -0.504 e. The maximum absolute atomic E-state index is 9.41. The molecule has 2 aromatic rings. The maximum Gasteiger partial charge on any atom is 0.160 e. The molecule has 0 unspecified atom stereocenters. The van der Waals surface area contributed by atoms with Crippen LogP contribution in [0.4, 0.5) is 0 Å². The number of benzene rings is 1. The van der Waals surface area contributed by atoms with E-state index in [1.807, 2.05) is 6.07 Å². The largest absolute Gasteiger partial charge is 0.504 e. The van der Waals surface area contributed by atoms with Crippen LogP contribution in [0.15, 0.2) is 30.6 Å². The topological polar surface area (TPSA) is 58.1 Å². The highest BCUT2D eigenvalue weighted by molar-refractivity contribution is 5.42. The van der Waals surface area contributed by atoms with Gasteiger partial charge in [-0.25, -0.2) is 4.98 Å². The predicted molar refractivity (Wildman–Crippen MR) is 56.1 cm³/mol. The lowest BCUT2D eigenvalue weighted by atomic mass is 10.1. The quantitative estimate of drug-likeness (QED) is 0.800. The molecule has 4 nitrogen and oxygen atoms in total. The summed E-state index contributed by atoms with van der Waals surface area (Å²) < 4.78 is 5.02. The maximum atomic E-state index is 9.41. The number of rotatable bonds is 3. The van der Waals surface area contributed by atoms with E-state index >= 15 is 0 Å². The van der Waals surface area contributed by atoms with Gasteiger partial charge in [0.2, 0.25) is 0 Å². The molecule has 0 spiro atoms. The van der Waals surface area contributed by atoms with Gasteiger partial charge in [-0.05, 0) is 17.7 Å². The summed E-state index contributed by atoms with van der Waals surface area (Å²) in [5.41, 5.74) is 1.04. The van der Waals surface area contributed by atoms with Crippen LogP contribution in [0.25, 0.3) is 0 Å². The molecular formula is C11H12N2O2. The number of imidazole rings is 1. The minimum atomic E-state index is 0.153. The van der Waals surface area contributed by atoms with Crippen LogP contribution in [0.5, 0.6) is 11.5 Å². The molecule has 1 aromatic carbocycles. The average Bonchev–Trinajstić information content (AvgIpc) is 2.73. The zero-order valence-electron chi connectivity index (χ0n) is 8.40. The Labute approximate surface area is 87.6 Å². The summed E-state index contributed by atoms with van der Waals surface area (Å²) in [6.45, 7) is 0. The highest BCUT2D eigenvalue weighted by Gasteiger charge is 2.04. The number of H-pyrrole nitrogens is 1. The Hall–Kier alpha value is -1.97. The zero-order valence-corrected chi connectivity index (χ0v) is 8.40. The molecule has 2 rings (SSSR count). The van der Waals surface area contributed by atoms with Gasteiger partial charge in [-0.15, -0.1) is 0 Å². The van der Waals surface area contributed by atoms with Gasteiger partial charge < -0.3 is 14.8 Å². The Morgan fingerprint density at radius 2 is 2.33 bits per heavy atom. The standard InChI is InChI=1S/C11H12N2O2/c1-15-10-6-8(2-3-9(10)14)7-11-12-4-5-13-11/h2-6,14H,7H2,1H3,(H,12,13). The number of nitrogens with one attached hydrogen (secondary N) is 1. The van der Waals surface area contributed by atoms with Crippen molar-refractivity contribution >= 4 is 0 Å². The number of methoxy groups -OCH3 is 1. The molecule has 2 N–H and O–H groups in total. The second-order valence-corrected chi connectivity index (χ2v) is 3.22. The second kappa shape index (κ2) is 4.04. The van der Waals surface area contributed by atoms with Crippen molar-refractivity contribution in [3.63, 3.8) is 0 Å². The number of hydrogen-bond donors (Lipinski definition) is 2. The van der Waals surface area contributed by atoms with E-state index in [0.717, 1.165) is 11.4 Å². The third-order valence-electron chi connectivity index (χ3n) is 2.17. The Bertz CT molecular complexity index is 438. The lowest BCUT2D eigenvalue weighted by Crippen LogP contribution is -1.92. The van der Waals surface area contributed by atoms with E-state index in [1.165, 1.54) is 7.11 Å². The lowest BCUT2D eigenvalue weighted by molar-refractivity contribution is 0.373. The first-order chi connectivity index (χ1) is 7.29. The van der Waals surface area contributed by atoms with Crippen molar-refractivity contribution in [2.75, 3.05) is 7.11 Å². The van der Waals surface area contributed by atoms with Crippen LogP contribution < -0.4 is 4.74 Å². The van der Waals surface area contributed by atoms with E-state index in [1.54, 1.807) is 24.5 Å². The van der Waals surface area contributed by atoms with Gasteiger partial charge in [0.25, 0.3) is 0 Å². The zero-order chi connectivity index (χ0) is 10.7. The first-order valence-corrected chi connectivity index (χ1v) is 4.63. The van der Waals surface area contributed by atoms with E-state index in [4.69, 9.17) is 4.74 Å². The van der Waals surface area contributed by atoms with E-state index in [0.29, 0.717) is 12.2 Å². The van der Waals surface area contributed by atoms with E-state index < -0.39 is 0 Å². The Balaban J connectivity index is 2.22. The highest BCUT2D eigenvalue weighted by atomic mass is 16.5. The molecule has 0 radical (unpaired) electrons. The lowest BCUT2D eigenvalue weighted by Gasteiger charge is -2.05. The van der Waals surface area contributed by atoms with Crippen LogP contribution in [0.3, 0.4) is 0 Å². The van der Waals surface area contributed by atoms with Crippen molar-refractivity contribution < 1.29 is 9.84 Å². The number of aromatic amines is 1. The number of hydrogen-bond acceptors (Lipinski definition) is 3. The molecule has 0 aliphatic carbocycles. The first kappa shape index (κ1) is 9.58. The van der Waals surface area contributed by atoms with Crippen molar-refractivity contribution in [1.82, 2.24) is 9.97 Å². The number of aromatic nitrogens is 2. The summed E-state index contributed by atoms with van der Waals surface area (Å²) >= 11 is 0. The van der Waals surface area contributed by atoms with Crippen molar-refractivity contribution in [2.24, 2.45) is 0 Å². The molecule has 0 saturated heterocycles. The van der Waals surface area contributed by atoms with Crippen molar-refractivity contribution in [2.45, 2.75) is 6.42 Å². The minimum absolute atomic E-state index is 0.153. The molecule has 1 heterocycles. The summed E-state index contributed by atoms with van der Waals surface area (Å²) in [5, 5.41) is 9.41. The third-order valence-corrected chi connectivity index (χ3v) is 2.17. The average molecular weight is 204 g/mol. The van der Waals surface area contributed by atoms with Gasteiger partial charge in [-0.2, -0.15) is 0 Å². The van der Waals surface area contributed by atoms with Gasteiger partial charge >= 0.3 is 0 Å². The molecule has 4 heteroatoms. The fourth-order valence-electron chi connectivity index (χ4n) is 1.42. The van der Waals surface area contributed by atoms with Crippen molar-refractivity contribution in [3.8, 4) is 11.5 Å². The number of ether oxygens (including phenoxy) is 1. The van der Waals surface area contributed by atoms with Gasteiger partial charge in [0.15, 0.2) is 11.5 Å². The van der Waals surface area contributed by atoms with Gasteiger partial charge in [0.05, 0.1) is 7.11 Å². The number of nitrogens with zero attached hydrogens (tertiary/aromatic N) is 1. The molecule has 0 fully saturated rings. The SMILES string of the molecule is COc1cc(Cc2ncc[nH]2)ccc1O. The van der Waals surface area contributed by atoms with Crippen LogP contribution >= 0.6 is 0 Å². The molecule has 0 atom stereocenters. The van der Waals surface area contributed by atoms with Gasteiger partial charge in [0, 0.05) is 18.8 Å². The Kier molecular flexibility index (Phi) is 2.58. The summed E-state index contributed by atoms with van der Waals surface area (Å²) in [7, 11) is 1.53. The molecular weight excluding hydrogens is 192 g/mol. The molecule has 78 valence electrons. The molecule has 0 aliphatic rings. The van der Waals surface area contributed by atoms with Crippen molar-refractivity contribution in [3.05, 3.63) is 42.0 Å². The fraction of sp³-hybridized carbons (Fsp3) is 0.182. The Morgan fingerprint density at radius 3 is 3.00 bits per heavy atom. The number of phenols is 1. The first-order valence-electron chi connectivity index (χ1n) is 4.63. The molecule has 0 aliphatic heterocycles. The predicted octanol–water partition coefficient (Wildman–Crippen LogP) is 1.71. The monoisotopic (exact) mass is 204 g/mol. The fourth-order valence-corrected chi connectivity index (χ4v) is 1.42. The van der Waals surface area contributed by atoms with E-state index in [-0.39, 0.29) is 5.75 Å². The highest BCUT2D eigenvalue weighted by Crippen LogP contribution is 2.26. The van der Waals surface area contributed by atoms with Gasteiger partial charge in [-0.1, -0.05) is 6.07 Å². The summed E-state index contributed by atoms with van der Waals surface area (Å²) in [4.78, 5) is 7.15.